The fourth-order valence-corrected chi connectivity index (χ4v) is 1.07. The van der Waals surface area contributed by atoms with E-state index in [2.05, 4.69) is 5.32 Å². The summed E-state index contributed by atoms with van der Waals surface area (Å²) in [6.45, 7) is 2.24. The van der Waals surface area contributed by atoms with Crippen LogP contribution in [0, 0.1) is 0 Å². The van der Waals surface area contributed by atoms with Gasteiger partial charge < -0.3 is 5.32 Å². The number of anilines is 1. The van der Waals surface area contributed by atoms with Crippen molar-refractivity contribution < 1.29 is 13.2 Å². The Bertz CT molecular complexity index is 286. The molecule has 0 fully saturated rings. The van der Waals surface area contributed by atoms with Gasteiger partial charge in [0.05, 0.1) is 5.56 Å². The van der Waals surface area contributed by atoms with Crippen molar-refractivity contribution in [3.63, 3.8) is 0 Å². The number of benzene rings is 1. The fraction of sp³-hybridized carbons (Fsp3) is 0.333. The number of halogens is 4. The van der Waals surface area contributed by atoms with Crippen LogP contribution in [0.4, 0.5) is 18.9 Å². The summed E-state index contributed by atoms with van der Waals surface area (Å²) in [6, 6.07) is 5.45. The molecule has 0 atom stereocenters. The minimum absolute atomic E-state index is 0. The molecule has 1 N–H and O–H groups in total. The van der Waals surface area contributed by atoms with Crippen molar-refractivity contribution in [1.29, 1.82) is 0 Å². The number of alkyl halides is 3. The second-order valence-electron chi connectivity index (χ2n) is 2.57. The first-order valence-corrected chi connectivity index (χ1v) is 3.95. The summed E-state index contributed by atoms with van der Waals surface area (Å²) in [6.07, 6.45) is -4.28. The highest BCUT2D eigenvalue weighted by atomic mass is 35.5. The number of para-hydroxylation sites is 1. The summed E-state index contributed by atoms with van der Waals surface area (Å²) in [4.78, 5) is 0. The Kier molecular flexibility index (Phi) is 4.77. The van der Waals surface area contributed by atoms with Gasteiger partial charge in [-0.1, -0.05) is 12.1 Å². The highest BCUT2D eigenvalue weighted by Gasteiger charge is 2.32. The van der Waals surface area contributed by atoms with Crippen molar-refractivity contribution in [3.05, 3.63) is 29.8 Å². The first-order valence-electron chi connectivity index (χ1n) is 3.95. The Hall–Kier alpha value is -0.900. The van der Waals surface area contributed by atoms with E-state index >= 15 is 0 Å². The topological polar surface area (TPSA) is 12.0 Å². The maximum atomic E-state index is 12.3. The zero-order chi connectivity index (χ0) is 9.90. The van der Waals surface area contributed by atoms with Crippen molar-refractivity contribution in [2.24, 2.45) is 0 Å². The third kappa shape index (κ3) is 3.10. The van der Waals surface area contributed by atoms with E-state index in [1.165, 1.54) is 12.1 Å². The molecule has 0 radical (unpaired) electrons. The van der Waals surface area contributed by atoms with E-state index in [1.807, 2.05) is 0 Å². The van der Waals surface area contributed by atoms with E-state index in [0.717, 1.165) is 6.07 Å². The second kappa shape index (κ2) is 5.10. The van der Waals surface area contributed by atoms with Crippen LogP contribution in [0.25, 0.3) is 0 Å². The predicted octanol–water partition coefficient (Wildman–Crippen LogP) is 3.56. The summed E-state index contributed by atoms with van der Waals surface area (Å²) in [5.41, 5.74) is -0.477. The third-order valence-electron chi connectivity index (χ3n) is 1.60. The quantitative estimate of drug-likeness (QED) is 0.812. The SMILES string of the molecule is CCNc1ccccc1C(F)(F)F.Cl. The van der Waals surface area contributed by atoms with Gasteiger partial charge in [0.1, 0.15) is 0 Å². The summed E-state index contributed by atoms with van der Waals surface area (Å²) >= 11 is 0. The van der Waals surface area contributed by atoms with Crippen LogP contribution in [0.2, 0.25) is 0 Å². The van der Waals surface area contributed by atoms with Gasteiger partial charge in [-0.05, 0) is 19.1 Å². The maximum absolute atomic E-state index is 12.3. The van der Waals surface area contributed by atoms with Crippen LogP contribution in [-0.4, -0.2) is 6.54 Å². The predicted molar refractivity (Wildman–Crippen MR) is 52.9 cm³/mol. The molecule has 0 unspecified atom stereocenters. The van der Waals surface area contributed by atoms with E-state index in [1.54, 1.807) is 13.0 Å². The summed E-state index contributed by atoms with van der Waals surface area (Å²) in [5.74, 6) is 0. The van der Waals surface area contributed by atoms with Crippen molar-refractivity contribution in [2.75, 3.05) is 11.9 Å². The molecule has 1 nitrogen and oxygen atoms in total. The molecule has 0 saturated carbocycles. The maximum Gasteiger partial charge on any atom is 0.418 e. The minimum Gasteiger partial charge on any atom is -0.385 e. The highest BCUT2D eigenvalue weighted by Crippen LogP contribution is 2.34. The molecule has 1 aromatic rings. The Labute approximate surface area is 86.7 Å². The lowest BCUT2D eigenvalue weighted by molar-refractivity contribution is -0.136. The first kappa shape index (κ1) is 13.1. The standard InChI is InChI=1S/C9H10F3N.ClH/c1-2-13-8-6-4-3-5-7(8)9(10,11)12;/h3-6,13H,2H2,1H3;1H. The zero-order valence-corrected chi connectivity index (χ0v) is 8.38. The molecule has 1 rings (SSSR count). The molecule has 0 spiro atoms. The number of hydrogen-bond acceptors (Lipinski definition) is 1. The Morgan fingerprint density at radius 3 is 2.29 bits per heavy atom. The molecular weight excluding hydrogens is 215 g/mol. The lowest BCUT2D eigenvalue weighted by Crippen LogP contribution is -2.10. The lowest BCUT2D eigenvalue weighted by atomic mass is 10.1. The van der Waals surface area contributed by atoms with E-state index in [-0.39, 0.29) is 18.1 Å². The molecule has 0 saturated heterocycles. The molecule has 0 heterocycles. The van der Waals surface area contributed by atoms with Crippen molar-refractivity contribution in [3.8, 4) is 0 Å². The van der Waals surface area contributed by atoms with Crippen LogP contribution in [0.3, 0.4) is 0 Å². The van der Waals surface area contributed by atoms with Gasteiger partial charge >= 0.3 is 6.18 Å². The molecule has 0 aliphatic rings. The van der Waals surface area contributed by atoms with Gasteiger partial charge in [0.15, 0.2) is 0 Å². The zero-order valence-electron chi connectivity index (χ0n) is 7.56. The number of rotatable bonds is 2. The smallest absolute Gasteiger partial charge is 0.385 e. The van der Waals surface area contributed by atoms with E-state index < -0.39 is 11.7 Å². The van der Waals surface area contributed by atoms with Crippen LogP contribution in [0.1, 0.15) is 12.5 Å². The molecule has 14 heavy (non-hydrogen) atoms. The van der Waals surface area contributed by atoms with Crippen molar-refractivity contribution in [1.82, 2.24) is 0 Å². The van der Waals surface area contributed by atoms with Crippen LogP contribution < -0.4 is 5.32 Å². The van der Waals surface area contributed by atoms with Gasteiger partial charge in [0.2, 0.25) is 0 Å². The van der Waals surface area contributed by atoms with Crippen LogP contribution in [-0.2, 0) is 6.18 Å². The minimum atomic E-state index is -4.28. The normalized spacial score (nSPS) is 10.6. The van der Waals surface area contributed by atoms with E-state index in [9.17, 15) is 13.2 Å². The van der Waals surface area contributed by atoms with Crippen molar-refractivity contribution >= 4 is 18.1 Å². The number of hydrogen-bond donors (Lipinski definition) is 1. The molecular formula is C9H11ClF3N. The molecule has 0 amide bonds. The van der Waals surface area contributed by atoms with Gasteiger partial charge in [-0.25, -0.2) is 0 Å². The summed E-state index contributed by atoms with van der Waals surface area (Å²) in [5, 5.41) is 2.66. The van der Waals surface area contributed by atoms with Crippen molar-refractivity contribution in [2.45, 2.75) is 13.1 Å². The van der Waals surface area contributed by atoms with Gasteiger partial charge in [0, 0.05) is 12.2 Å². The average Bonchev–Trinajstić information content (AvgIpc) is 2.04. The lowest BCUT2D eigenvalue weighted by Gasteiger charge is -2.12. The molecule has 0 bridgehead atoms. The van der Waals surface area contributed by atoms with E-state index in [4.69, 9.17) is 0 Å². The Morgan fingerprint density at radius 1 is 1.21 bits per heavy atom. The highest BCUT2D eigenvalue weighted by molar-refractivity contribution is 5.85. The largest absolute Gasteiger partial charge is 0.418 e. The van der Waals surface area contributed by atoms with Gasteiger partial charge in [-0.15, -0.1) is 12.4 Å². The Balaban J connectivity index is 0.00000169. The first-order chi connectivity index (χ1) is 6.05. The monoisotopic (exact) mass is 225 g/mol. The summed E-state index contributed by atoms with van der Waals surface area (Å²) in [7, 11) is 0. The molecule has 5 heteroatoms. The second-order valence-corrected chi connectivity index (χ2v) is 2.57. The molecule has 0 aromatic heterocycles. The third-order valence-corrected chi connectivity index (χ3v) is 1.60. The molecule has 80 valence electrons. The van der Waals surface area contributed by atoms with Crippen LogP contribution >= 0.6 is 12.4 Å². The summed E-state index contributed by atoms with van der Waals surface area (Å²) < 4.78 is 37.0. The van der Waals surface area contributed by atoms with Gasteiger partial charge in [-0.2, -0.15) is 13.2 Å². The van der Waals surface area contributed by atoms with Gasteiger partial charge in [-0.3, -0.25) is 0 Å². The molecule has 0 aliphatic carbocycles. The molecule has 1 aromatic carbocycles. The van der Waals surface area contributed by atoms with Gasteiger partial charge in [0.25, 0.3) is 0 Å². The Morgan fingerprint density at radius 2 is 1.79 bits per heavy atom. The average molecular weight is 226 g/mol. The fourth-order valence-electron chi connectivity index (χ4n) is 1.07. The number of nitrogens with one attached hydrogen (secondary N) is 1. The molecule has 0 aliphatic heterocycles. The van der Waals surface area contributed by atoms with Crippen LogP contribution in [0.5, 0.6) is 0 Å². The van der Waals surface area contributed by atoms with Crippen LogP contribution in [0.15, 0.2) is 24.3 Å². The van der Waals surface area contributed by atoms with E-state index in [0.29, 0.717) is 6.54 Å².